The topological polar surface area (TPSA) is 78.9 Å². The molecule has 1 heterocycles. The second kappa shape index (κ2) is 8.78. The van der Waals surface area contributed by atoms with Crippen LogP contribution in [0.2, 0.25) is 0 Å². The number of likely N-dealkylation sites (tertiary alicyclic amines) is 1. The number of nitrogens with zero attached hydrogens (tertiary/aromatic N) is 1. The van der Waals surface area contributed by atoms with Crippen LogP contribution in [0.1, 0.15) is 34.3 Å². The van der Waals surface area contributed by atoms with Crippen molar-refractivity contribution < 1.29 is 19.4 Å². The number of aryl methyl sites for hydroxylation is 1. The summed E-state index contributed by atoms with van der Waals surface area (Å²) in [4.78, 5) is 26.9. The van der Waals surface area contributed by atoms with Crippen molar-refractivity contribution >= 4 is 11.8 Å². The molecule has 0 aromatic heterocycles. The van der Waals surface area contributed by atoms with Crippen molar-refractivity contribution in [1.29, 1.82) is 0 Å². The van der Waals surface area contributed by atoms with E-state index in [4.69, 9.17) is 4.74 Å². The molecule has 0 radical (unpaired) electrons. The van der Waals surface area contributed by atoms with Gasteiger partial charge in [0.25, 0.3) is 5.91 Å². The molecule has 3 rings (SSSR count). The number of hydrogen-bond donors (Lipinski definition) is 2. The normalized spacial score (nSPS) is 14.6. The number of methoxy groups -OCH3 is 1. The van der Waals surface area contributed by atoms with Crippen LogP contribution >= 0.6 is 0 Å². The lowest BCUT2D eigenvalue weighted by molar-refractivity contribution is -0.131. The number of ether oxygens (including phenoxy) is 1. The van der Waals surface area contributed by atoms with Gasteiger partial charge < -0.3 is 20.1 Å². The lowest BCUT2D eigenvalue weighted by Crippen LogP contribution is -2.47. The molecule has 2 aromatic rings. The summed E-state index contributed by atoms with van der Waals surface area (Å²) in [6.45, 7) is 3.05. The number of para-hydroxylation sites is 1. The lowest BCUT2D eigenvalue weighted by Gasteiger charge is -2.32. The molecular weight excluding hydrogens is 356 g/mol. The summed E-state index contributed by atoms with van der Waals surface area (Å²) < 4.78 is 5.31. The Labute approximate surface area is 165 Å². The third-order valence-electron chi connectivity index (χ3n) is 5.11. The van der Waals surface area contributed by atoms with Crippen molar-refractivity contribution in [3.05, 3.63) is 59.2 Å². The Balaban J connectivity index is 1.52. The summed E-state index contributed by atoms with van der Waals surface area (Å²) >= 11 is 0. The Kier molecular flexibility index (Phi) is 6.19. The molecule has 0 unspecified atom stereocenters. The third-order valence-corrected chi connectivity index (χ3v) is 5.11. The van der Waals surface area contributed by atoms with Crippen LogP contribution in [-0.4, -0.2) is 48.1 Å². The zero-order valence-corrected chi connectivity index (χ0v) is 16.3. The van der Waals surface area contributed by atoms with Crippen LogP contribution in [-0.2, 0) is 11.2 Å². The molecule has 2 aromatic carbocycles. The van der Waals surface area contributed by atoms with Gasteiger partial charge in [-0.15, -0.1) is 0 Å². The predicted octanol–water partition coefficient (Wildman–Crippen LogP) is 2.67. The highest BCUT2D eigenvalue weighted by molar-refractivity contribution is 5.97. The van der Waals surface area contributed by atoms with Gasteiger partial charge in [-0.25, -0.2) is 0 Å². The summed E-state index contributed by atoms with van der Waals surface area (Å²) in [5.74, 6) is 0.486. The molecule has 28 heavy (non-hydrogen) atoms. The van der Waals surface area contributed by atoms with Crippen LogP contribution in [0.25, 0.3) is 0 Å². The minimum Gasteiger partial charge on any atom is -0.507 e. The molecule has 0 saturated carbocycles. The first-order valence-corrected chi connectivity index (χ1v) is 9.48. The third kappa shape index (κ3) is 4.63. The van der Waals surface area contributed by atoms with Gasteiger partial charge >= 0.3 is 0 Å². The van der Waals surface area contributed by atoms with Crippen LogP contribution in [0.15, 0.2) is 42.5 Å². The van der Waals surface area contributed by atoms with E-state index < -0.39 is 0 Å². The molecule has 6 nitrogen and oxygen atoms in total. The number of piperidine rings is 1. The molecule has 6 heteroatoms. The van der Waals surface area contributed by atoms with Crippen molar-refractivity contribution in [3.63, 3.8) is 0 Å². The van der Waals surface area contributed by atoms with Crippen LogP contribution in [0.4, 0.5) is 0 Å². The molecule has 0 atom stereocenters. The molecule has 1 saturated heterocycles. The average Bonchev–Trinajstić information content (AvgIpc) is 2.68. The number of carbonyl (C=O) groups is 2. The van der Waals surface area contributed by atoms with Crippen LogP contribution in [0.3, 0.4) is 0 Å². The Morgan fingerprint density at radius 2 is 1.89 bits per heavy atom. The monoisotopic (exact) mass is 382 g/mol. The minimum absolute atomic E-state index is 0.0106. The van der Waals surface area contributed by atoms with Crippen LogP contribution in [0.5, 0.6) is 11.5 Å². The van der Waals surface area contributed by atoms with Crippen LogP contribution in [0, 0.1) is 6.92 Å². The number of amides is 2. The fourth-order valence-electron chi connectivity index (χ4n) is 3.49. The first-order chi connectivity index (χ1) is 13.5. The maximum atomic E-state index is 12.6. The SMILES string of the molecule is COc1ccccc1CC(=O)N1CCC(NC(=O)c2ccc(C)cc2O)CC1. The lowest BCUT2D eigenvalue weighted by atomic mass is 10.0. The molecule has 0 spiro atoms. The van der Waals surface area contributed by atoms with Gasteiger partial charge in [0.2, 0.25) is 5.91 Å². The highest BCUT2D eigenvalue weighted by atomic mass is 16.5. The van der Waals surface area contributed by atoms with Crippen molar-refractivity contribution in [3.8, 4) is 11.5 Å². The summed E-state index contributed by atoms with van der Waals surface area (Å²) in [6.07, 6.45) is 1.68. The second-order valence-corrected chi connectivity index (χ2v) is 7.14. The fourth-order valence-corrected chi connectivity index (χ4v) is 3.49. The maximum absolute atomic E-state index is 12.6. The standard InChI is InChI=1S/C22H26N2O4/c1-15-7-8-18(19(25)13-15)22(27)23-17-9-11-24(12-10-17)21(26)14-16-5-3-4-6-20(16)28-2/h3-8,13,17,25H,9-12,14H2,1-2H3,(H,23,27). The Bertz CT molecular complexity index is 857. The number of nitrogens with one attached hydrogen (secondary N) is 1. The highest BCUT2D eigenvalue weighted by Crippen LogP contribution is 2.21. The number of carbonyl (C=O) groups excluding carboxylic acids is 2. The quantitative estimate of drug-likeness (QED) is 0.833. The van der Waals surface area contributed by atoms with E-state index >= 15 is 0 Å². The minimum atomic E-state index is -0.281. The van der Waals surface area contributed by atoms with E-state index in [1.165, 1.54) is 0 Å². The van der Waals surface area contributed by atoms with Gasteiger partial charge in [-0.1, -0.05) is 24.3 Å². The molecular formula is C22H26N2O4. The van der Waals surface area contributed by atoms with E-state index in [1.807, 2.05) is 36.1 Å². The van der Waals surface area contributed by atoms with Gasteiger partial charge in [0.05, 0.1) is 19.1 Å². The predicted molar refractivity (Wildman–Crippen MR) is 107 cm³/mol. The Morgan fingerprint density at radius 3 is 2.57 bits per heavy atom. The highest BCUT2D eigenvalue weighted by Gasteiger charge is 2.25. The zero-order chi connectivity index (χ0) is 20.1. The van der Waals surface area contributed by atoms with Crippen molar-refractivity contribution in [2.75, 3.05) is 20.2 Å². The van der Waals surface area contributed by atoms with Gasteiger partial charge in [0, 0.05) is 24.7 Å². The molecule has 1 aliphatic heterocycles. The number of aromatic hydroxyl groups is 1. The summed E-state index contributed by atoms with van der Waals surface area (Å²) in [6, 6.07) is 12.5. The molecule has 0 aliphatic carbocycles. The van der Waals surface area contributed by atoms with E-state index in [2.05, 4.69) is 5.32 Å². The molecule has 1 aliphatic rings. The molecule has 0 bridgehead atoms. The average molecular weight is 382 g/mol. The number of phenols is 1. The van der Waals surface area contributed by atoms with Gasteiger partial charge in [-0.2, -0.15) is 0 Å². The molecule has 2 amide bonds. The summed E-state index contributed by atoms with van der Waals surface area (Å²) in [5.41, 5.74) is 2.05. The zero-order valence-electron chi connectivity index (χ0n) is 16.3. The van der Waals surface area contributed by atoms with Crippen LogP contribution < -0.4 is 10.1 Å². The van der Waals surface area contributed by atoms with E-state index in [9.17, 15) is 14.7 Å². The Morgan fingerprint density at radius 1 is 1.18 bits per heavy atom. The van der Waals surface area contributed by atoms with Crippen molar-refractivity contribution in [2.45, 2.75) is 32.2 Å². The van der Waals surface area contributed by atoms with E-state index in [1.54, 1.807) is 25.3 Å². The first kappa shape index (κ1) is 19.7. The molecule has 148 valence electrons. The number of phenolic OH excluding ortho intramolecular Hbond substituents is 1. The summed E-state index contributed by atoms with van der Waals surface area (Å²) in [5, 5.41) is 12.9. The van der Waals surface area contributed by atoms with Crippen molar-refractivity contribution in [2.24, 2.45) is 0 Å². The number of benzene rings is 2. The molecule has 1 fully saturated rings. The van der Waals surface area contributed by atoms with Gasteiger partial charge in [0.15, 0.2) is 0 Å². The second-order valence-electron chi connectivity index (χ2n) is 7.14. The van der Waals surface area contributed by atoms with E-state index in [0.29, 0.717) is 32.4 Å². The number of rotatable bonds is 5. The van der Waals surface area contributed by atoms with E-state index in [-0.39, 0.29) is 29.2 Å². The largest absolute Gasteiger partial charge is 0.507 e. The number of hydrogen-bond acceptors (Lipinski definition) is 4. The van der Waals surface area contributed by atoms with E-state index in [0.717, 1.165) is 16.9 Å². The summed E-state index contributed by atoms with van der Waals surface area (Å²) in [7, 11) is 1.60. The fraction of sp³-hybridized carbons (Fsp3) is 0.364. The van der Waals surface area contributed by atoms with Crippen molar-refractivity contribution in [1.82, 2.24) is 10.2 Å². The van der Waals surface area contributed by atoms with Gasteiger partial charge in [0.1, 0.15) is 11.5 Å². The smallest absolute Gasteiger partial charge is 0.255 e. The Hall–Kier alpha value is -3.02. The first-order valence-electron chi connectivity index (χ1n) is 9.48. The molecule has 2 N–H and O–H groups in total. The maximum Gasteiger partial charge on any atom is 0.255 e. The van der Waals surface area contributed by atoms with Gasteiger partial charge in [-0.05, 0) is 43.5 Å². The van der Waals surface area contributed by atoms with Gasteiger partial charge in [-0.3, -0.25) is 9.59 Å².